The van der Waals surface area contributed by atoms with Gasteiger partial charge in [-0.3, -0.25) is 4.79 Å². The van der Waals surface area contributed by atoms with Crippen LogP contribution in [0.2, 0.25) is 0 Å². The summed E-state index contributed by atoms with van der Waals surface area (Å²) in [5, 5.41) is 3.79. The zero-order chi connectivity index (χ0) is 15.9. The van der Waals surface area contributed by atoms with Crippen molar-refractivity contribution in [2.45, 2.75) is 0 Å². The molecule has 0 bridgehead atoms. The van der Waals surface area contributed by atoms with Gasteiger partial charge in [0.05, 0.1) is 5.69 Å². The highest BCUT2D eigenvalue weighted by Gasteiger charge is 2.09. The van der Waals surface area contributed by atoms with E-state index in [0.717, 1.165) is 10.7 Å². The minimum absolute atomic E-state index is 0.492. The van der Waals surface area contributed by atoms with E-state index in [4.69, 9.17) is 0 Å². The highest BCUT2D eigenvalue weighted by atomic mass is 16.2. The number of carbonyl (C=O) groups is 2. The maximum atomic E-state index is 11.9. The van der Waals surface area contributed by atoms with Gasteiger partial charge >= 0.3 is 6.03 Å². The van der Waals surface area contributed by atoms with Crippen LogP contribution < -0.4 is 20.7 Å². The van der Waals surface area contributed by atoms with Crippen LogP contribution >= 0.6 is 0 Å². The van der Waals surface area contributed by atoms with Gasteiger partial charge in [-0.2, -0.15) is 0 Å². The first-order valence-electron chi connectivity index (χ1n) is 6.75. The SMILES string of the molecule is CN(C)c1ccc(NC(=O)NN(C=O)c2ccccc2)cc1. The normalized spacial score (nSPS) is 9.73. The second-order valence-electron chi connectivity index (χ2n) is 4.82. The van der Waals surface area contributed by atoms with Crippen molar-refractivity contribution in [3.63, 3.8) is 0 Å². The summed E-state index contributed by atoms with van der Waals surface area (Å²) < 4.78 is 0. The molecule has 0 saturated carbocycles. The van der Waals surface area contributed by atoms with Crippen molar-refractivity contribution in [2.75, 3.05) is 29.3 Å². The number of anilines is 3. The van der Waals surface area contributed by atoms with Crippen LogP contribution in [0, 0.1) is 0 Å². The van der Waals surface area contributed by atoms with E-state index in [-0.39, 0.29) is 0 Å². The molecule has 6 heteroatoms. The van der Waals surface area contributed by atoms with Crippen LogP contribution in [-0.4, -0.2) is 26.5 Å². The molecule has 2 rings (SSSR count). The summed E-state index contributed by atoms with van der Waals surface area (Å²) in [7, 11) is 3.88. The molecular formula is C16H18N4O2. The summed E-state index contributed by atoms with van der Waals surface area (Å²) in [5.74, 6) is 0. The minimum atomic E-state index is -0.492. The Bertz CT molecular complexity index is 626. The predicted molar refractivity (Wildman–Crippen MR) is 87.9 cm³/mol. The van der Waals surface area contributed by atoms with Gasteiger partial charge in [-0.25, -0.2) is 15.2 Å². The van der Waals surface area contributed by atoms with E-state index < -0.39 is 6.03 Å². The number of carbonyl (C=O) groups excluding carboxylic acids is 2. The lowest BCUT2D eigenvalue weighted by molar-refractivity contribution is -0.107. The molecule has 3 amide bonds. The summed E-state index contributed by atoms with van der Waals surface area (Å²) in [4.78, 5) is 25.0. The van der Waals surface area contributed by atoms with Crippen molar-refractivity contribution in [3.8, 4) is 0 Å². The van der Waals surface area contributed by atoms with Crippen LogP contribution in [0.15, 0.2) is 54.6 Å². The standard InChI is InChI=1S/C16H18N4O2/c1-19(2)14-10-8-13(9-11-14)17-16(22)18-20(12-21)15-6-4-3-5-7-15/h3-12H,1-2H3,(H2,17,18,22). The van der Waals surface area contributed by atoms with Gasteiger partial charge in [-0.05, 0) is 36.4 Å². The fourth-order valence-corrected chi connectivity index (χ4v) is 1.85. The second kappa shape index (κ2) is 7.12. The Labute approximate surface area is 129 Å². The molecule has 6 nitrogen and oxygen atoms in total. The van der Waals surface area contributed by atoms with Crippen LogP contribution in [0.1, 0.15) is 0 Å². The van der Waals surface area contributed by atoms with E-state index in [9.17, 15) is 9.59 Å². The zero-order valence-electron chi connectivity index (χ0n) is 12.5. The lowest BCUT2D eigenvalue weighted by Gasteiger charge is -2.19. The molecule has 0 aliphatic carbocycles. The number of benzene rings is 2. The topological polar surface area (TPSA) is 64.7 Å². The predicted octanol–water partition coefficient (Wildman–Crippen LogP) is 2.45. The van der Waals surface area contributed by atoms with Crippen molar-refractivity contribution >= 4 is 29.5 Å². The molecule has 0 unspecified atom stereocenters. The molecule has 0 fully saturated rings. The van der Waals surface area contributed by atoms with Crippen molar-refractivity contribution in [3.05, 3.63) is 54.6 Å². The largest absolute Gasteiger partial charge is 0.378 e. The molecule has 2 aromatic carbocycles. The number of hydrazine groups is 1. The monoisotopic (exact) mass is 298 g/mol. The van der Waals surface area contributed by atoms with Gasteiger partial charge in [0, 0.05) is 25.5 Å². The summed E-state index contributed by atoms with van der Waals surface area (Å²) in [6.07, 6.45) is 0.546. The summed E-state index contributed by atoms with van der Waals surface area (Å²) in [6, 6.07) is 15.7. The smallest absolute Gasteiger partial charge is 0.338 e. The van der Waals surface area contributed by atoms with E-state index >= 15 is 0 Å². The maximum absolute atomic E-state index is 11.9. The summed E-state index contributed by atoms with van der Waals surface area (Å²) in [6.45, 7) is 0. The van der Waals surface area contributed by atoms with Gasteiger partial charge in [0.15, 0.2) is 0 Å². The van der Waals surface area contributed by atoms with E-state index in [2.05, 4.69) is 10.7 Å². The fourth-order valence-electron chi connectivity index (χ4n) is 1.85. The molecular weight excluding hydrogens is 280 g/mol. The second-order valence-corrected chi connectivity index (χ2v) is 4.82. The molecule has 0 aliphatic heterocycles. The first-order valence-corrected chi connectivity index (χ1v) is 6.75. The van der Waals surface area contributed by atoms with Crippen LogP contribution in [0.4, 0.5) is 21.9 Å². The Morgan fingerprint density at radius 3 is 2.14 bits per heavy atom. The third kappa shape index (κ3) is 3.99. The number of rotatable bonds is 5. The quantitative estimate of drug-likeness (QED) is 0.658. The summed E-state index contributed by atoms with van der Waals surface area (Å²) >= 11 is 0. The Balaban J connectivity index is 1.98. The Morgan fingerprint density at radius 1 is 0.955 bits per heavy atom. The number of hydrogen-bond donors (Lipinski definition) is 2. The van der Waals surface area contributed by atoms with Gasteiger partial charge in [0.25, 0.3) is 0 Å². The van der Waals surface area contributed by atoms with E-state index in [1.165, 1.54) is 0 Å². The van der Waals surface area contributed by atoms with Crippen LogP contribution in [-0.2, 0) is 4.79 Å². The Kier molecular flexibility index (Phi) is 4.98. The first kappa shape index (κ1) is 15.4. The number of nitrogens with zero attached hydrogens (tertiary/aromatic N) is 2. The number of nitrogens with one attached hydrogen (secondary N) is 2. The molecule has 114 valence electrons. The number of urea groups is 1. The lowest BCUT2D eigenvalue weighted by Crippen LogP contribution is -2.43. The average Bonchev–Trinajstić information content (AvgIpc) is 2.54. The van der Waals surface area contributed by atoms with Crippen LogP contribution in [0.5, 0.6) is 0 Å². The fraction of sp³-hybridized carbons (Fsp3) is 0.125. The third-order valence-electron chi connectivity index (χ3n) is 3.00. The van der Waals surface area contributed by atoms with Gasteiger partial charge < -0.3 is 10.2 Å². The third-order valence-corrected chi connectivity index (χ3v) is 3.00. The van der Waals surface area contributed by atoms with Crippen LogP contribution in [0.3, 0.4) is 0 Å². The van der Waals surface area contributed by atoms with E-state index in [1.54, 1.807) is 36.4 Å². The number of para-hydroxylation sites is 1. The molecule has 2 aromatic rings. The maximum Gasteiger partial charge on any atom is 0.338 e. The van der Waals surface area contributed by atoms with Gasteiger partial charge in [0.2, 0.25) is 6.41 Å². The van der Waals surface area contributed by atoms with Crippen molar-refractivity contribution in [2.24, 2.45) is 0 Å². The van der Waals surface area contributed by atoms with Gasteiger partial charge in [0.1, 0.15) is 0 Å². The highest BCUT2D eigenvalue weighted by molar-refractivity contribution is 5.93. The number of hydrogen-bond acceptors (Lipinski definition) is 3. The number of amides is 3. The molecule has 0 atom stereocenters. The van der Waals surface area contributed by atoms with Crippen molar-refractivity contribution < 1.29 is 9.59 Å². The zero-order valence-corrected chi connectivity index (χ0v) is 12.5. The highest BCUT2D eigenvalue weighted by Crippen LogP contribution is 2.15. The molecule has 0 radical (unpaired) electrons. The van der Waals surface area contributed by atoms with Gasteiger partial charge in [-0.15, -0.1) is 0 Å². The molecule has 0 saturated heterocycles. The van der Waals surface area contributed by atoms with E-state index in [1.807, 2.05) is 37.2 Å². The molecule has 0 aliphatic rings. The molecule has 0 heterocycles. The lowest BCUT2D eigenvalue weighted by atomic mass is 10.2. The first-order chi connectivity index (χ1) is 10.6. The van der Waals surface area contributed by atoms with Crippen molar-refractivity contribution in [1.82, 2.24) is 5.43 Å². The van der Waals surface area contributed by atoms with Gasteiger partial charge in [-0.1, -0.05) is 18.2 Å². The average molecular weight is 298 g/mol. The van der Waals surface area contributed by atoms with E-state index in [0.29, 0.717) is 17.8 Å². The molecule has 0 aromatic heterocycles. The molecule has 2 N–H and O–H groups in total. The minimum Gasteiger partial charge on any atom is -0.378 e. The Morgan fingerprint density at radius 2 is 1.59 bits per heavy atom. The molecule has 22 heavy (non-hydrogen) atoms. The Hall–Kier alpha value is -3.02. The molecule has 0 spiro atoms. The van der Waals surface area contributed by atoms with Crippen molar-refractivity contribution in [1.29, 1.82) is 0 Å². The van der Waals surface area contributed by atoms with Crippen LogP contribution in [0.25, 0.3) is 0 Å². The summed E-state index contributed by atoms with van der Waals surface area (Å²) in [5.41, 5.74) is 4.73.